The first-order chi connectivity index (χ1) is 13.8. The zero-order valence-corrected chi connectivity index (χ0v) is 17.9. The number of carbonyl (C=O) groups is 2. The molecule has 1 heterocycles. The number of rotatable bonds is 11. The summed E-state index contributed by atoms with van der Waals surface area (Å²) in [6.07, 6.45) is 1.68. The summed E-state index contributed by atoms with van der Waals surface area (Å²) in [5.41, 5.74) is 0. The highest BCUT2D eigenvalue weighted by Crippen LogP contribution is 2.28. The summed E-state index contributed by atoms with van der Waals surface area (Å²) in [6, 6.07) is 9.30. The van der Waals surface area contributed by atoms with Gasteiger partial charge in [-0.2, -0.15) is 0 Å². The van der Waals surface area contributed by atoms with Crippen molar-refractivity contribution in [3.05, 3.63) is 30.3 Å². The molecule has 1 aliphatic rings. The molecule has 1 unspecified atom stereocenters. The number of para-hydroxylation sites is 1. The van der Waals surface area contributed by atoms with E-state index in [0.29, 0.717) is 25.3 Å². The van der Waals surface area contributed by atoms with Crippen LogP contribution < -0.4 is 14.7 Å². The molecule has 162 valence electrons. The van der Waals surface area contributed by atoms with Crippen LogP contribution in [0.2, 0.25) is 0 Å². The van der Waals surface area contributed by atoms with E-state index in [4.69, 9.17) is 4.74 Å². The summed E-state index contributed by atoms with van der Waals surface area (Å²) in [7, 11) is 6.29. The summed E-state index contributed by atoms with van der Waals surface area (Å²) >= 11 is 0. The third-order valence-electron chi connectivity index (χ3n) is 5.71. The van der Waals surface area contributed by atoms with Gasteiger partial charge in [-0.05, 0) is 50.9 Å². The summed E-state index contributed by atoms with van der Waals surface area (Å²) < 4.78 is 5.60. The first-order valence-corrected chi connectivity index (χ1v) is 10.5. The molecule has 7 heteroatoms. The van der Waals surface area contributed by atoms with E-state index in [1.165, 1.54) is 4.90 Å². The standard InChI is InChI=1S/C22H35N3O4/c1-23(2)13-14-24(3)11-9-19-16-25(12-10-18(19)15-22(27)28)21(26)17-29-20-7-5-4-6-8-20/h4-8,18-19H,9-17H2,1-3H3,(H,27,28)/t18-,19-/m0/s1. The quantitative estimate of drug-likeness (QED) is 0.518. The lowest BCUT2D eigenvalue weighted by Gasteiger charge is -2.39. The number of carbonyl (C=O) groups excluding carboxylic acids is 2. The van der Waals surface area contributed by atoms with Crippen molar-refractivity contribution in [2.75, 3.05) is 60.5 Å². The number of amides is 1. The number of ether oxygens (including phenoxy) is 1. The molecule has 0 aromatic heterocycles. The van der Waals surface area contributed by atoms with Crippen LogP contribution in [-0.2, 0) is 9.59 Å². The molecular formula is C22H35N3O4. The van der Waals surface area contributed by atoms with E-state index in [-0.39, 0.29) is 30.8 Å². The summed E-state index contributed by atoms with van der Waals surface area (Å²) in [5.74, 6) is -0.118. The van der Waals surface area contributed by atoms with Gasteiger partial charge in [0.05, 0.1) is 20.1 Å². The molecular weight excluding hydrogens is 370 g/mol. The van der Waals surface area contributed by atoms with Crippen LogP contribution in [0.3, 0.4) is 0 Å². The average molecular weight is 406 g/mol. The molecule has 3 atom stereocenters. The van der Waals surface area contributed by atoms with Crippen molar-refractivity contribution in [1.82, 2.24) is 9.80 Å². The van der Waals surface area contributed by atoms with Gasteiger partial charge in [-0.15, -0.1) is 0 Å². The Morgan fingerprint density at radius 3 is 2.59 bits per heavy atom. The molecule has 2 rings (SSSR count). The normalized spacial score (nSPS) is 20.5. The highest BCUT2D eigenvalue weighted by molar-refractivity contribution is 5.78. The van der Waals surface area contributed by atoms with Crippen LogP contribution in [0.5, 0.6) is 5.75 Å². The van der Waals surface area contributed by atoms with Gasteiger partial charge in [0.1, 0.15) is 5.75 Å². The zero-order chi connectivity index (χ0) is 21.2. The molecule has 1 N–H and O–H groups in total. The minimum Gasteiger partial charge on any atom is -0.550 e. The Labute approximate surface area is 174 Å². The van der Waals surface area contributed by atoms with Crippen LogP contribution in [0.15, 0.2) is 30.3 Å². The lowest BCUT2D eigenvalue weighted by molar-refractivity contribution is -0.879. The van der Waals surface area contributed by atoms with Gasteiger partial charge < -0.3 is 29.3 Å². The Bertz CT molecular complexity index is 638. The van der Waals surface area contributed by atoms with E-state index in [9.17, 15) is 14.7 Å². The van der Waals surface area contributed by atoms with Crippen molar-refractivity contribution in [2.45, 2.75) is 19.3 Å². The number of nitrogens with one attached hydrogen (secondary N) is 1. The van der Waals surface area contributed by atoms with Gasteiger partial charge in [0.25, 0.3) is 5.91 Å². The van der Waals surface area contributed by atoms with Crippen molar-refractivity contribution < 1.29 is 24.3 Å². The molecule has 0 saturated carbocycles. The molecule has 0 bridgehead atoms. The van der Waals surface area contributed by atoms with Crippen molar-refractivity contribution in [2.24, 2.45) is 11.8 Å². The first-order valence-electron chi connectivity index (χ1n) is 10.5. The van der Waals surface area contributed by atoms with Gasteiger partial charge in [0.15, 0.2) is 6.61 Å². The highest BCUT2D eigenvalue weighted by Gasteiger charge is 2.32. The maximum atomic E-state index is 12.6. The summed E-state index contributed by atoms with van der Waals surface area (Å²) in [4.78, 5) is 29.2. The topological polar surface area (TPSA) is 77.3 Å². The molecule has 1 fully saturated rings. The maximum absolute atomic E-state index is 12.6. The average Bonchev–Trinajstić information content (AvgIpc) is 2.70. The van der Waals surface area contributed by atoms with Crippen LogP contribution in [-0.4, -0.2) is 82.1 Å². The van der Waals surface area contributed by atoms with Crippen LogP contribution in [0, 0.1) is 11.8 Å². The van der Waals surface area contributed by atoms with Gasteiger partial charge in [0, 0.05) is 32.0 Å². The molecule has 1 saturated heterocycles. The molecule has 29 heavy (non-hydrogen) atoms. The molecule has 1 aromatic rings. The third kappa shape index (κ3) is 8.41. The number of hydrogen-bond donors (Lipinski definition) is 1. The molecule has 7 nitrogen and oxygen atoms in total. The number of nitrogens with zero attached hydrogens (tertiary/aromatic N) is 2. The molecule has 0 aliphatic carbocycles. The minimum atomic E-state index is -1.000. The lowest BCUT2D eigenvalue weighted by atomic mass is 9.81. The molecule has 0 spiro atoms. The van der Waals surface area contributed by atoms with Gasteiger partial charge in [-0.3, -0.25) is 4.79 Å². The Kier molecular flexibility index (Phi) is 9.41. The Morgan fingerprint density at radius 2 is 1.93 bits per heavy atom. The van der Waals surface area contributed by atoms with Crippen LogP contribution in [0.4, 0.5) is 0 Å². The predicted molar refractivity (Wildman–Crippen MR) is 110 cm³/mol. The smallest absolute Gasteiger partial charge is 0.260 e. The van der Waals surface area contributed by atoms with Crippen molar-refractivity contribution in [3.8, 4) is 5.75 Å². The number of likely N-dealkylation sites (tertiary alicyclic amines) is 1. The second-order valence-electron chi connectivity index (χ2n) is 8.38. The maximum Gasteiger partial charge on any atom is 0.260 e. The van der Waals surface area contributed by atoms with E-state index in [0.717, 1.165) is 26.1 Å². The molecule has 1 aromatic carbocycles. The van der Waals surface area contributed by atoms with E-state index in [2.05, 4.69) is 26.0 Å². The Morgan fingerprint density at radius 1 is 1.21 bits per heavy atom. The monoisotopic (exact) mass is 405 g/mol. The number of likely N-dealkylation sites (N-methyl/N-ethyl adjacent to an activating group) is 2. The third-order valence-corrected chi connectivity index (χ3v) is 5.71. The van der Waals surface area contributed by atoms with Gasteiger partial charge >= 0.3 is 0 Å². The highest BCUT2D eigenvalue weighted by atomic mass is 16.5. The first kappa shape index (κ1) is 23.2. The van der Waals surface area contributed by atoms with Crippen molar-refractivity contribution in [1.29, 1.82) is 0 Å². The molecule has 1 amide bonds. The van der Waals surface area contributed by atoms with E-state index in [1.54, 1.807) is 0 Å². The fourth-order valence-electron chi connectivity index (χ4n) is 3.84. The van der Waals surface area contributed by atoms with Crippen LogP contribution >= 0.6 is 0 Å². The number of aliphatic carboxylic acids is 1. The van der Waals surface area contributed by atoms with Gasteiger partial charge in [-0.1, -0.05) is 18.2 Å². The zero-order valence-electron chi connectivity index (χ0n) is 17.9. The van der Waals surface area contributed by atoms with Gasteiger partial charge in [-0.25, -0.2) is 0 Å². The fraction of sp³-hybridized carbons (Fsp3) is 0.636. The van der Waals surface area contributed by atoms with Crippen LogP contribution in [0.25, 0.3) is 0 Å². The van der Waals surface area contributed by atoms with Gasteiger partial charge in [0.2, 0.25) is 0 Å². The molecule has 0 radical (unpaired) electrons. The SMILES string of the molecule is CN(C)CC[NH+](C)CC[C@H]1CN(C(=O)COc2ccccc2)CC[C@H]1CC(=O)[O-]. The largest absolute Gasteiger partial charge is 0.550 e. The summed E-state index contributed by atoms with van der Waals surface area (Å²) in [5, 5.41) is 11.2. The Balaban J connectivity index is 1.88. The van der Waals surface area contributed by atoms with E-state index in [1.807, 2.05) is 35.2 Å². The van der Waals surface area contributed by atoms with Crippen molar-refractivity contribution >= 4 is 11.9 Å². The minimum absolute atomic E-state index is 0.00980. The Hall–Kier alpha value is -2.12. The van der Waals surface area contributed by atoms with Crippen molar-refractivity contribution in [3.63, 3.8) is 0 Å². The van der Waals surface area contributed by atoms with E-state index >= 15 is 0 Å². The molecule has 1 aliphatic heterocycles. The number of carboxylic acids is 1. The van der Waals surface area contributed by atoms with Crippen LogP contribution in [0.1, 0.15) is 19.3 Å². The predicted octanol–water partition coefficient (Wildman–Crippen LogP) is -0.863. The lowest BCUT2D eigenvalue weighted by Crippen LogP contribution is -3.09. The number of benzene rings is 1. The second-order valence-corrected chi connectivity index (χ2v) is 8.38. The summed E-state index contributed by atoms with van der Waals surface area (Å²) in [6.45, 7) is 4.20. The second kappa shape index (κ2) is 11.8. The number of quaternary nitrogens is 1. The number of hydrogen-bond acceptors (Lipinski definition) is 5. The van der Waals surface area contributed by atoms with E-state index < -0.39 is 5.97 Å². The number of piperidine rings is 1. The number of carboxylic acid groups (broad SMARTS) is 1. The fourth-order valence-corrected chi connectivity index (χ4v) is 3.84.